The minimum Gasteiger partial charge on any atom is -0.299 e. The van der Waals surface area contributed by atoms with E-state index in [1.54, 1.807) is 0 Å². The highest BCUT2D eigenvalue weighted by molar-refractivity contribution is 5.93. The molecule has 0 aromatic heterocycles. The zero-order valence-corrected chi connectivity index (χ0v) is 15.2. The number of Topliss-reactive ketones (excluding diaryl/α,β-unsaturated/α-hetero) is 1. The van der Waals surface area contributed by atoms with E-state index in [0.717, 1.165) is 19.3 Å². The van der Waals surface area contributed by atoms with Gasteiger partial charge in [-0.1, -0.05) is 56.3 Å². The number of allylic oxidation sites excluding steroid dienone is 2. The smallest absolute Gasteiger partial charge is 0.144 e. The van der Waals surface area contributed by atoms with Crippen LogP contribution in [0.25, 0.3) is 10.8 Å². The van der Waals surface area contributed by atoms with E-state index in [0.29, 0.717) is 30.0 Å². The van der Waals surface area contributed by atoms with E-state index in [1.165, 1.54) is 33.9 Å². The van der Waals surface area contributed by atoms with E-state index < -0.39 is 0 Å². The number of carbonyl (C=O) groups excluding carboxylic acids is 1. The van der Waals surface area contributed by atoms with Gasteiger partial charge in [0.15, 0.2) is 0 Å². The van der Waals surface area contributed by atoms with Crippen LogP contribution in [0.4, 0.5) is 0 Å². The van der Waals surface area contributed by atoms with Crippen LogP contribution in [0.3, 0.4) is 0 Å². The molecule has 0 heterocycles. The normalized spacial score (nSPS) is 30.0. The van der Waals surface area contributed by atoms with Crippen LogP contribution in [0.15, 0.2) is 42.5 Å². The summed E-state index contributed by atoms with van der Waals surface area (Å²) in [6.07, 6.45) is 9.68. The summed E-state index contributed by atoms with van der Waals surface area (Å²) in [5.41, 5.74) is 4.03. The van der Waals surface area contributed by atoms with Crippen LogP contribution < -0.4 is 0 Å². The van der Waals surface area contributed by atoms with Crippen molar-refractivity contribution < 1.29 is 4.79 Å². The van der Waals surface area contributed by atoms with E-state index in [2.05, 4.69) is 56.3 Å². The highest BCUT2D eigenvalue weighted by atomic mass is 16.1. The number of ketones is 1. The minimum absolute atomic E-state index is 0.0877. The van der Waals surface area contributed by atoms with Crippen LogP contribution >= 0.6 is 0 Å². The maximum atomic E-state index is 13.0. The molecule has 2 bridgehead atoms. The Kier molecular flexibility index (Phi) is 3.26. The molecule has 1 spiro atoms. The summed E-state index contributed by atoms with van der Waals surface area (Å²) in [7, 11) is 0. The number of benzene rings is 2. The van der Waals surface area contributed by atoms with Crippen LogP contribution in [-0.4, -0.2) is 5.78 Å². The van der Waals surface area contributed by atoms with Crippen LogP contribution in [0.1, 0.15) is 43.4 Å². The highest BCUT2D eigenvalue weighted by Crippen LogP contribution is 2.56. The average Bonchev–Trinajstić information content (AvgIpc) is 3.15. The molecular formula is C24H26O. The van der Waals surface area contributed by atoms with Crippen LogP contribution in [-0.2, 0) is 24.1 Å². The Morgan fingerprint density at radius 3 is 2.64 bits per heavy atom. The molecule has 5 rings (SSSR count). The zero-order valence-electron chi connectivity index (χ0n) is 15.2. The lowest BCUT2D eigenvalue weighted by molar-refractivity contribution is -0.130. The SMILES string of the molecule is CC(C)Cc1ccc2cc3c(cc2c1)CC1(CC2C=CC1C2)C(=O)C3. The lowest BCUT2D eigenvalue weighted by atomic mass is 9.63. The van der Waals surface area contributed by atoms with Crippen molar-refractivity contribution in [2.75, 3.05) is 0 Å². The van der Waals surface area contributed by atoms with Gasteiger partial charge in [0, 0.05) is 11.8 Å². The second-order valence-electron chi connectivity index (χ2n) is 9.02. The number of fused-ring (bicyclic) bond motifs is 5. The van der Waals surface area contributed by atoms with E-state index in [9.17, 15) is 4.79 Å². The van der Waals surface area contributed by atoms with Gasteiger partial charge >= 0.3 is 0 Å². The van der Waals surface area contributed by atoms with Crippen LogP contribution in [0, 0.1) is 23.2 Å². The molecule has 2 aromatic rings. The van der Waals surface area contributed by atoms with Crippen LogP contribution in [0.2, 0.25) is 0 Å². The largest absolute Gasteiger partial charge is 0.299 e. The molecule has 25 heavy (non-hydrogen) atoms. The van der Waals surface area contributed by atoms with Crippen molar-refractivity contribution >= 4 is 16.6 Å². The molecule has 2 aromatic carbocycles. The monoisotopic (exact) mass is 330 g/mol. The summed E-state index contributed by atoms with van der Waals surface area (Å²) >= 11 is 0. The second kappa shape index (κ2) is 5.30. The first-order valence-electron chi connectivity index (χ1n) is 9.79. The van der Waals surface area contributed by atoms with Gasteiger partial charge in [-0.05, 0) is 70.9 Å². The molecule has 3 unspecified atom stereocenters. The molecule has 0 saturated heterocycles. The fourth-order valence-electron chi connectivity index (χ4n) is 5.64. The average molecular weight is 330 g/mol. The van der Waals surface area contributed by atoms with Gasteiger partial charge in [-0.2, -0.15) is 0 Å². The molecular weight excluding hydrogens is 304 g/mol. The van der Waals surface area contributed by atoms with Gasteiger partial charge in [0.05, 0.1) is 0 Å². The summed E-state index contributed by atoms with van der Waals surface area (Å²) in [6, 6.07) is 11.5. The predicted octanol–water partition coefficient (Wildman–Crippen LogP) is 5.29. The quantitative estimate of drug-likeness (QED) is 0.684. The Hall–Kier alpha value is -1.89. The maximum absolute atomic E-state index is 13.0. The van der Waals surface area contributed by atoms with Crippen LogP contribution in [0.5, 0.6) is 0 Å². The number of hydrogen-bond donors (Lipinski definition) is 0. The summed E-state index contributed by atoms with van der Waals surface area (Å²) in [6.45, 7) is 4.55. The number of hydrogen-bond acceptors (Lipinski definition) is 1. The van der Waals surface area contributed by atoms with E-state index in [-0.39, 0.29) is 5.41 Å². The number of rotatable bonds is 2. The van der Waals surface area contributed by atoms with Gasteiger partial charge in [-0.3, -0.25) is 4.79 Å². The van der Waals surface area contributed by atoms with Gasteiger partial charge in [0.2, 0.25) is 0 Å². The van der Waals surface area contributed by atoms with Gasteiger partial charge in [0.25, 0.3) is 0 Å². The predicted molar refractivity (Wildman–Crippen MR) is 103 cm³/mol. The molecule has 0 aliphatic heterocycles. The maximum Gasteiger partial charge on any atom is 0.144 e. The molecule has 3 atom stereocenters. The van der Waals surface area contributed by atoms with Crippen molar-refractivity contribution in [3.63, 3.8) is 0 Å². The molecule has 1 fully saturated rings. The summed E-state index contributed by atoms with van der Waals surface area (Å²) in [5.74, 6) is 2.30. The van der Waals surface area contributed by atoms with E-state index in [4.69, 9.17) is 0 Å². The minimum atomic E-state index is -0.0877. The Morgan fingerprint density at radius 1 is 1.08 bits per heavy atom. The molecule has 3 aliphatic carbocycles. The third kappa shape index (κ3) is 2.32. The first kappa shape index (κ1) is 15.4. The third-order valence-corrected chi connectivity index (χ3v) is 6.79. The van der Waals surface area contributed by atoms with Gasteiger partial charge in [0.1, 0.15) is 5.78 Å². The number of carbonyl (C=O) groups is 1. The van der Waals surface area contributed by atoms with Crippen molar-refractivity contribution in [3.8, 4) is 0 Å². The van der Waals surface area contributed by atoms with Crippen molar-refractivity contribution in [1.82, 2.24) is 0 Å². The van der Waals surface area contributed by atoms with E-state index >= 15 is 0 Å². The fraction of sp³-hybridized carbons (Fsp3) is 0.458. The standard InChI is InChI=1S/C24H26O/c1-15(2)7-16-3-5-18-10-20-12-23(25)24(13-17-4-6-22(24)9-17)14-21(20)11-19(18)8-16/h3-6,8,10-11,15,17,22H,7,9,12-14H2,1-2H3. The Balaban J connectivity index is 1.57. The van der Waals surface area contributed by atoms with Crippen molar-refractivity contribution in [1.29, 1.82) is 0 Å². The highest BCUT2D eigenvalue weighted by Gasteiger charge is 2.54. The lowest BCUT2D eigenvalue weighted by Crippen LogP contribution is -2.41. The Morgan fingerprint density at radius 2 is 1.92 bits per heavy atom. The molecule has 0 N–H and O–H groups in total. The lowest BCUT2D eigenvalue weighted by Gasteiger charge is -2.38. The Bertz CT molecular complexity index is 904. The van der Waals surface area contributed by atoms with Gasteiger partial charge in [-0.25, -0.2) is 0 Å². The molecule has 128 valence electrons. The van der Waals surface area contributed by atoms with Crippen molar-refractivity contribution in [3.05, 3.63) is 59.2 Å². The fourth-order valence-corrected chi connectivity index (χ4v) is 5.64. The molecule has 0 amide bonds. The third-order valence-electron chi connectivity index (χ3n) is 6.79. The summed E-state index contributed by atoms with van der Waals surface area (Å²) in [5, 5.41) is 2.63. The first-order valence-corrected chi connectivity index (χ1v) is 9.79. The molecule has 1 saturated carbocycles. The van der Waals surface area contributed by atoms with E-state index in [1.807, 2.05) is 0 Å². The van der Waals surface area contributed by atoms with Gasteiger partial charge in [-0.15, -0.1) is 0 Å². The summed E-state index contributed by atoms with van der Waals surface area (Å²) in [4.78, 5) is 13.0. The summed E-state index contributed by atoms with van der Waals surface area (Å²) < 4.78 is 0. The zero-order chi connectivity index (χ0) is 17.2. The molecule has 0 radical (unpaired) electrons. The molecule has 1 heteroatoms. The topological polar surface area (TPSA) is 17.1 Å². The first-order chi connectivity index (χ1) is 12.0. The molecule has 3 aliphatic rings. The van der Waals surface area contributed by atoms with Gasteiger partial charge < -0.3 is 0 Å². The molecule has 1 nitrogen and oxygen atoms in total. The Labute approximate surface area is 150 Å². The van der Waals surface area contributed by atoms with Crippen molar-refractivity contribution in [2.45, 2.75) is 46.0 Å². The van der Waals surface area contributed by atoms with Crippen molar-refractivity contribution in [2.24, 2.45) is 23.2 Å². The second-order valence-corrected chi connectivity index (χ2v) is 9.02.